The summed E-state index contributed by atoms with van der Waals surface area (Å²) in [7, 11) is 1.48. The predicted molar refractivity (Wildman–Crippen MR) is 320 cm³/mol. The van der Waals surface area contributed by atoms with Gasteiger partial charge in [-0.2, -0.15) is 0 Å². The maximum atomic E-state index is 13.5. The summed E-state index contributed by atoms with van der Waals surface area (Å²) in [4.78, 5) is 162. The van der Waals surface area contributed by atoms with E-state index in [9.17, 15) is 87.9 Å². The van der Waals surface area contributed by atoms with Crippen LogP contribution < -0.4 is 59.3 Å². The van der Waals surface area contributed by atoms with Crippen molar-refractivity contribution in [1.29, 1.82) is 0 Å². The van der Waals surface area contributed by atoms with Crippen LogP contribution in [0.5, 0.6) is 0 Å². The van der Waals surface area contributed by atoms with Crippen molar-refractivity contribution in [3.8, 4) is 0 Å². The molecule has 19 N–H and O–H groups in total. The summed E-state index contributed by atoms with van der Waals surface area (Å²) >= 11 is 0. The number of rotatable bonds is 58. The van der Waals surface area contributed by atoms with Gasteiger partial charge in [0.2, 0.25) is 53.2 Å². The molecule has 0 unspecified atom stereocenters. The number of ether oxygens (including phenoxy) is 2. The Bertz CT molecular complexity index is 2160. The molecular weight excluding hydrogens is 1170 g/mol. The molecule has 0 spiro atoms. The number of amides is 9. The summed E-state index contributed by atoms with van der Waals surface area (Å²) < 4.78 is 10.8. The second kappa shape index (κ2) is 51.7. The topological polar surface area (TPSA) is 522 Å². The molecule has 0 bridgehead atoms. The second-order valence-electron chi connectivity index (χ2n) is 21.4. The number of carbonyl (C=O) groups excluding carboxylic acids is 9. The molecule has 7 atom stereocenters. The summed E-state index contributed by atoms with van der Waals surface area (Å²) in [6.45, 7) is -1.27. The van der Waals surface area contributed by atoms with Crippen LogP contribution in [-0.2, 0) is 71.8 Å². The third kappa shape index (κ3) is 43.2. The lowest BCUT2D eigenvalue weighted by molar-refractivity contribution is -0.140. The van der Waals surface area contributed by atoms with E-state index in [0.29, 0.717) is 45.2 Å². The Hall–Kier alpha value is -7.13. The van der Waals surface area contributed by atoms with E-state index < -0.39 is 165 Å². The van der Waals surface area contributed by atoms with Crippen molar-refractivity contribution in [2.24, 2.45) is 11.5 Å². The van der Waals surface area contributed by atoms with Gasteiger partial charge in [-0.1, -0.05) is 77.0 Å². The molecule has 0 radical (unpaired) electrons. The lowest BCUT2D eigenvalue weighted by atomic mass is 10.0. The zero-order chi connectivity index (χ0) is 66.8. The van der Waals surface area contributed by atoms with Gasteiger partial charge in [0.15, 0.2) is 0 Å². The van der Waals surface area contributed by atoms with Gasteiger partial charge in [0.25, 0.3) is 0 Å². The van der Waals surface area contributed by atoms with Crippen LogP contribution in [0.4, 0.5) is 0 Å². The second-order valence-corrected chi connectivity index (χ2v) is 21.4. The molecule has 0 saturated carbocycles. The van der Waals surface area contributed by atoms with Crippen LogP contribution in [0.1, 0.15) is 173 Å². The molecule has 9 amide bonds. The van der Waals surface area contributed by atoms with Crippen molar-refractivity contribution in [3.63, 3.8) is 0 Å². The molecular formula is C57H101N11O21. The largest absolute Gasteiger partial charge is 0.481 e. The zero-order valence-electron chi connectivity index (χ0n) is 51.5. The van der Waals surface area contributed by atoms with Gasteiger partial charge in [-0.3, -0.25) is 62.3 Å². The number of nitrogens with one attached hydrogen (secondary N) is 9. The number of hydrogen-bond donors (Lipinski definition) is 17. The minimum Gasteiger partial charge on any atom is -0.481 e. The van der Waals surface area contributed by atoms with E-state index >= 15 is 0 Å². The van der Waals surface area contributed by atoms with Crippen LogP contribution in [-0.4, -0.2) is 216 Å². The molecule has 32 nitrogen and oxygen atoms in total. The van der Waals surface area contributed by atoms with Gasteiger partial charge in [-0.05, 0) is 77.8 Å². The van der Waals surface area contributed by atoms with Crippen LogP contribution in [0.2, 0.25) is 0 Å². The number of carboxylic acid groups (broad SMARTS) is 4. The standard InChI is InChI=1S/C57H101N11O21/c1-60-39(20-15-17-29-58)52(82)64-41(24-27-49(77)78)54(84)65-42(25-28-50(79)80)55(85)67-44(36-70)57(87)68-43(35-69)56(86)66-40(23-26-48(75)76)53(83)63-38(51(59)81)19-16-18-30-61-46(72)37-89-34-33-88-32-31-62-45(71)21-13-11-9-7-5-3-2-4-6-8-10-12-14-22-47(73)74/h38-44,60,69-70H,2-37,58H2,1H3,(H2,59,81)(H,61,72)(H,62,71)(H,63,83)(H,64,82)(H,65,84)(H,66,86)(H,67,85)(H,68,87)(H,73,74)(H,75,76)(H,77,78)(H,79,80)/t38-,39-,40-,41-,42-,43-,44-/m0/s1. The first-order valence-electron chi connectivity index (χ1n) is 30.8. The highest BCUT2D eigenvalue weighted by Gasteiger charge is 2.34. The van der Waals surface area contributed by atoms with Gasteiger partial charge < -0.3 is 99.4 Å². The number of aliphatic hydroxyl groups excluding tert-OH is 2. The van der Waals surface area contributed by atoms with Crippen LogP contribution in [0.15, 0.2) is 0 Å². The Labute approximate surface area is 519 Å². The van der Waals surface area contributed by atoms with Crippen LogP contribution in [0.3, 0.4) is 0 Å². The van der Waals surface area contributed by atoms with Crippen molar-refractivity contribution < 1.29 is 102 Å². The highest BCUT2D eigenvalue weighted by Crippen LogP contribution is 2.14. The van der Waals surface area contributed by atoms with Gasteiger partial charge in [0.05, 0.1) is 39.1 Å². The summed E-state index contributed by atoms with van der Waals surface area (Å²) in [6, 6.07) is -11.1. The summed E-state index contributed by atoms with van der Waals surface area (Å²) in [5, 5.41) is 78.5. The molecule has 0 saturated heterocycles. The minimum atomic E-state index is -1.95. The van der Waals surface area contributed by atoms with E-state index in [-0.39, 0.29) is 58.1 Å². The first kappa shape index (κ1) is 81.9. The number of likely N-dealkylation sites (N-methyl/N-ethyl adjacent to an activating group) is 1. The molecule has 32 heteroatoms. The van der Waals surface area contributed by atoms with E-state index in [1.54, 1.807) is 0 Å². The van der Waals surface area contributed by atoms with Crippen molar-refractivity contribution in [2.75, 3.05) is 66.3 Å². The first-order chi connectivity index (χ1) is 42.5. The van der Waals surface area contributed by atoms with Crippen LogP contribution >= 0.6 is 0 Å². The Kier molecular flexibility index (Phi) is 47.6. The molecule has 0 fully saturated rings. The van der Waals surface area contributed by atoms with Crippen molar-refractivity contribution >= 4 is 77.0 Å². The van der Waals surface area contributed by atoms with E-state index in [2.05, 4.69) is 47.9 Å². The third-order valence-corrected chi connectivity index (χ3v) is 14.0. The number of carboxylic acids is 4. The van der Waals surface area contributed by atoms with Gasteiger partial charge in [-0.15, -0.1) is 0 Å². The fourth-order valence-electron chi connectivity index (χ4n) is 8.81. The molecule has 0 aromatic carbocycles. The van der Waals surface area contributed by atoms with Crippen molar-refractivity contribution in [3.05, 3.63) is 0 Å². The summed E-state index contributed by atoms with van der Waals surface area (Å²) in [5.74, 6) is -13.1. The fraction of sp³-hybridized carbons (Fsp3) is 0.772. The van der Waals surface area contributed by atoms with Crippen LogP contribution in [0.25, 0.3) is 0 Å². The monoisotopic (exact) mass is 1280 g/mol. The lowest BCUT2D eigenvalue weighted by Crippen LogP contribution is -2.61. The average Bonchev–Trinajstić information content (AvgIpc) is 3.51. The normalized spacial score (nSPS) is 13.4. The number of primary amides is 1. The van der Waals surface area contributed by atoms with Gasteiger partial charge in [0, 0.05) is 45.2 Å². The third-order valence-electron chi connectivity index (χ3n) is 14.0. The lowest BCUT2D eigenvalue weighted by Gasteiger charge is -2.26. The number of carbonyl (C=O) groups is 13. The number of aliphatic carboxylic acids is 4. The van der Waals surface area contributed by atoms with Gasteiger partial charge >= 0.3 is 23.9 Å². The number of hydrogen-bond acceptors (Lipinski definition) is 19. The zero-order valence-corrected chi connectivity index (χ0v) is 51.5. The smallest absolute Gasteiger partial charge is 0.303 e. The molecule has 0 rings (SSSR count). The molecule has 0 aliphatic rings. The molecule has 0 aliphatic heterocycles. The van der Waals surface area contributed by atoms with Gasteiger partial charge in [0.1, 0.15) is 42.9 Å². The Morgan fingerprint density at radius 1 is 0.360 bits per heavy atom. The SMILES string of the molecule is CN[C@@H](CCCCN)C(=O)N[C@@H](CCC(=O)O)C(=O)N[C@@H](CCC(=O)O)C(=O)N[C@@H](CO)C(=O)N[C@@H](CO)C(=O)N[C@@H](CCC(=O)O)C(=O)N[C@@H](CCCCNC(=O)COCCOCCNC(=O)CCCCCCCCCCCCCCCC(=O)O)C(N)=O. The highest BCUT2D eigenvalue weighted by molar-refractivity contribution is 5.97. The molecule has 0 aliphatic carbocycles. The first-order valence-corrected chi connectivity index (χ1v) is 30.8. The number of aliphatic hydroxyl groups is 2. The summed E-state index contributed by atoms with van der Waals surface area (Å²) in [6.07, 6.45) is 12.9. The minimum absolute atomic E-state index is 0.0466. The number of nitrogens with two attached hydrogens (primary N) is 2. The quantitative estimate of drug-likeness (QED) is 0.0294. The number of unbranched alkanes of at least 4 members (excludes halogenated alkanes) is 14. The Morgan fingerprint density at radius 3 is 1.11 bits per heavy atom. The van der Waals surface area contributed by atoms with E-state index in [1.165, 1.54) is 39.2 Å². The van der Waals surface area contributed by atoms with Gasteiger partial charge in [-0.25, -0.2) is 0 Å². The highest BCUT2D eigenvalue weighted by atomic mass is 16.5. The average molecular weight is 1280 g/mol. The van der Waals surface area contributed by atoms with E-state index in [1.807, 2.05) is 0 Å². The Balaban J connectivity index is 5.07. The van der Waals surface area contributed by atoms with Crippen molar-refractivity contribution in [1.82, 2.24) is 47.9 Å². The molecule has 0 aromatic heterocycles. The molecule has 0 aromatic rings. The van der Waals surface area contributed by atoms with E-state index in [0.717, 1.165) is 51.4 Å². The van der Waals surface area contributed by atoms with Crippen LogP contribution in [0, 0.1) is 0 Å². The maximum Gasteiger partial charge on any atom is 0.303 e. The Morgan fingerprint density at radius 2 is 0.708 bits per heavy atom. The maximum absolute atomic E-state index is 13.5. The molecule has 89 heavy (non-hydrogen) atoms. The predicted octanol–water partition coefficient (Wildman–Crippen LogP) is -1.95. The van der Waals surface area contributed by atoms with Crippen molar-refractivity contribution in [2.45, 2.75) is 216 Å². The molecule has 0 heterocycles. The van der Waals surface area contributed by atoms with E-state index in [4.69, 9.17) is 26.0 Å². The fourth-order valence-corrected chi connectivity index (χ4v) is 8.81. The molecule has 510 valence electrons. The summed E-state index contributed by atoms with van der Waals surface area (Å²) in [5.41, 5.74) is 11.1.